The zero-order chi connectivity index (χ0) is 13.0. The summed E-state index contributed by atoms with van der Waals surface area (Å²) in [4.78, 5) is 0. The predicted octanol–water partition coefficient (Wildman–Crippen LogP) is 4.05. The van der Waals surface area contributed by atoms with E-state index in [0.717, 1.165) is 21.3 Å². The van der Waals surface area contributed by atoms with Gasteiger partial charge in [0.1, 0.15) is 12.4 Å². The van der Waals surface area contributed by atoms with Crippen LogP contribution in [0.25, 0.3) is 0 Å². The molecule has 0 amide bonds. The molecule has 1 atom stereocenters. The fourth-order valence-electron chi connectivity index (χ4n) is 1.74. The first kappa shape index (κ1) is 13.1. The lowest BCUT2D eigenvalue weighted by Gasteiger charge is -2.14. The van der Waals surface area contributed by atoms with Gasteiger partial charge in [-0.15, -0.1) is 0 Å². The van der Waals surface area contributed by atoms with Gasteiger partial charge in [0.2, 0.25) is 0 Å². The van der Waals surface area contributed by atoms with Gasteiger partial charge >= 0.3 is 0 Å². The molecule has 2 N–H and O–H groups in total. The van der Waals surface area contributed by atoms with Crippen LogP contribution in [0.2, 0.25) is 0 Å². The minimum Gasteiger partial charge on any atom is -0.489 e. The van der Waals surface area contributed by atoms with E-state index in [-0.39, 0.29) is 6.04 Å². The summed E-state index contributed by atoms with van der Waals surface area (Å²) in [5, 5.41) is 0. The van der Waals surface area contributed by atoms with Crippen molar-refractivity contribution in [2.24, 2.45) is 5.73 Å². The van der Waals surface area contributed by atoms with E-state index in [1.807, 2.05) is 55.5 Å². The van der Waals surface area contributed by atoms with Crippen LogP contribution in [0.1, 0.15) is 24.1 Å². The summed E-state index contributed by atoms with van der Waals surface area (Å²) in [7, 11) is 0. The van der Waals surface area contributed by atoms with Crippen molar-refractivity contribution in [1.29, 1.82) is 0 Å². The topological polar surface area (TPSA) is 35.2 Å². The number of benzene rings is 2. The second kappa shape index (κ2) is 6.03. The van der Waals surface area contributed by atoms with Crippen molar-refractivity contribution in [1.82, 2.24) is 0 Å². The molecule has 0 unspecified atom stereocenters. The Morgan fingerprint density at radius 3 is 2.56 bits per heavy atom. The number of nitrogens with two attached hydrogens (primary N) is 1. The maximum Gasteiger partial charge on any atom is 0.125 e. The zero-order valence-corrected chi connectivity index (χ0v) is 11.9. The van der Waals surface area contributed by atoms with Gasteiger partial charge in [-0.1, -0.05) is 52.3 Å². The molecule has 18 heavy (non-hydrogen) atoms. The molecule has 0 spiro atoms. The first-order valence-electron chi connectivity index (χ1n) is 5.88. The van der Waals surface area contributed by atoms with Gasteiger partial charge in [-0.25, -0.2) is 0 Å². The quantitative estimate of drug-likeness (QED) is 0.925. The van der Waals surface area contributed by atoms with Crippen LogP contribution in [-0.4, -0.2) is 0 Å². The van der Waals surface area contributed by atoms with E-state index in [1.165, 1.54) is 0 Å². The molecular formula is C15H16BrNO. The number of halogens is 1. The van der Waals surface area contributed by atoms with Gasteiger partial charge in [-0.3, -0.25) is 0 Å². The van der Waals surface area contributed by atoms with Crippen LogP contribution in [0, 0.1) is 0 Å². The molecule has 0 radical (unpaired) electrons. The zero-order valence-electron chi connectivity index (χ0n) is 10.3. The Morgan fingerprint density at radius 2 is 1.89 bits per heavy atom. The summed E-state index contributed by atoms with van der Waals surface area (Å²) >= 11 is 3.45. The fraction of sp³-hybridized carbons (Fsp3) is 0.200. The Labute approximate surface area is 116 Å². The van der Waals surface area contributed by atoms with Crippen LogP contribution in [-0.2, 0) is 6.61 Å². The SMILES string of the molecule is C[C@H](N)c1ccc(Br)cc1OCc1ccccc1. The maximum absolute atomic E-state index is 5.94. The molecule has 2 aromatic rings. The molecule has 0 heterocycles. The third kappa shape index (κ3) is 3.34. The van der Waals surface area contributed by atoms with E-state index in [2.05, 4.69) is 15.9 Å². The molecule has 2 rings (SSSR count). The summed E-state index contributed by atoms with van der Waals surface area (Å²) in [5.74, 6) is 0.836. The van der Waals surface area contributed by atoms with E-state index < -0.39 is 0 Å². The highest BCUT2D eigenvalue weighted by Crippen LogP contribution is 2.28. The smallest absolute Gasteiger partial charge is 0.125 e. The molecule has 0 aliphatic heterocycles. The van der Waals surface area contributed by atoms with Gasteiger partial charge in [0.25, 0.3) is 0 Å². The number of rotatable bonds is 4. The Hall–Kier alpha value is -1.32. The molecule has 0 saturated heterocycles. The number of hydrogen-bond donors (Lipinski definition) is 1. The van der Waals surface area contributed by atoms with E-state index in [0.29, 0.717) is 6.61 Å². The van der Waals surface area contributed by atoms with Crippen molar-refractivity contribution < 1.29 is 4.74 Å². The third-order valence-corrected chi connectivity index (χ3v) is 3.20. The van der Waals surface area contributed by atoms with Gasteiger partial charge in [-0.05, 0) is 24.6 Å². The summed E-state index contributed by atoms with van der Waals surface area (Å²) in [5.41, 5.74) is 8.11. The second-order valence-corrected chi connectivity index (χ2v) is 5.16. The molecule has 0 bridgehead atoms. The van der Waals surface area contributed by atoms with Crippen molar-refractivity contribution in [2.45, 2.75) is 19.6 Å². The largest absolute Gasteiger partial charge is 0.489 e. The van der Waals surface area contributed by atoms with Crippen molar-refractivity contribution in [3.8, 4) is 5.75 Å². The normalized spacial score (nSPS) is 12.2. The highest BCUT2D eigenvalue weighted by Gasteiger charge is 2.08. The standard InChI is InChI=1S/C15H16BrNO/c1-11(17)14-8-7-13(16)9-15(14)18-10-12-5-3-2-4-6-12/h2-9,11H,10,17H2,1H3/t11-/m0/s1. The van der Waals surface area contributed by atoms with E-state index >= 15 is 0 Å². The maximum atomic E-state index is 5.94. The molecular weight excluding hydrogens is 290 g/mol. The average molecular weight is 306 g/mol. The molecule has 0 fully saturated rings. The molecule has 0 saturated carbocycles. The Morgan fingerprint density at radius 1 is 1.17 bits per heavy atom. The van der Waals surface area contributed by atoms with Crippen LogP contribution in [0.15, 0.2) is 53.0 Å². The van der Waals surface area contributed by atoms with Crippen LogP contribution in [0.5, 0.6) is 5.75 Å². The molecule has 2 nitrogen and oxygen atoms in total. The Kier molecular flexibility index (Phi) is 4.39. The monoisotopic (exact) mass is 305 g/mol. The lowest BCUT2D eigenvalue weighted by molar-refractivity contribution is 0.301. The van der Waals surface area contributed by atoms with Gasteiger partial charge in [0.15, 0.2) is 0 Å². The first-order valence-corrected chi connectivity index (χ1v) is 6.68. The second-order valence-electron chi connectivity index (χ2n) is 4.25. The van der Waals surface area contributed by atoms with Crippen LogP contribution in [0.4, 0.5) is 0 Å². The highest BCUT2D eigenvalue weighted by atomic mass is 79.9. The van der Waals surface area contributed by atoms with E-state index in [4.69, 9.17) is 10.5 Å². The first-order chi connectivity index (χ1) is 8.66. The van der Waals surface area contributed by atoms with Crippen LogP contribution >= 0.6 is 15.9 Å². The van der Waals surface area contributed by atoms with Gasteiger partial charge in [0.05, 0.1) is 0 Å². The molecule has 0 aliphatic rings. The van der Waals surface area contributed by atoms with E-state index in [1.54, 1.807) is 0 Å². The van der Waals surface area contributed by atoms with Crippen molar-refractivity contribution in [3.63, 3.8) is 0 Å². The summed E-state index contributed by atoms with van der Waals surface area (Å²) < 4.78 is 6.85. The van der Waals surface area contributed by atoms with Crippen molar-refractivity contribution in [3.05, 3.63) is 64.1 Å². The molecule has 94 valence electrons. The Balaban J connectivity index is 2.15. The summed E-state index contributed by atoms with van der Waals surface area (Å²) in [6, 6.07) is 16.0. The molecule has 2 aromatic carbocycles. The van der Waals surface area contributed by atoms with Crippen molar-refractivity contribution in [2.75, 3.05) is 0 Å². The van der Waals surface area contributed by atoms with Gasteiger partial charge < -0.3 is 10.5 Å². The fourth-order valence-corrected chi connectivity index (χ4v) is 2.08. The van der Waals surface area contributed by atoms with Crippen LogP contribution < -0.4 is 10.5 Å². The van der Waals surface area contributed by atoms with Crippen LogP contribution in [0.3, 0.4) is 0 Å². The molecule has 3 heteroatoms. The molecule has 0 aliphatic carbocycles. The lowest BCUT2D eigenvalue weighted by atomic mass is 10.1. The third-order valence-electron chi connectivity index (χ3n) is 2.70. The number of hydrogen-bond acceptors (Lipinski definition) is 2. The van der Waals surface area contributed by atoms with Gasteiger partial charge in [0, 0.05) is 16.1 Å². The van der Waals surface area contributed by atoms with Gasteiger partial charge in [-0.2, -0.15) is 0 Å². The molecule has 0 aromatic heterocycles. The predicted molar refractivity (Wildman–Crippen MR) is 77.5 cm³/mol. The van der Waals surface area contributed by atoms with E-state index in [9.17, 15) is 0 Å². The highest BCUT2D eigenvalue weighted by molar-refractivity contribution is 9.10. The summed E-state index contributed by atoms with van der Waals surface area (Å²) in [6.07, 6.45) is 0. The summed E-state index contributed by atoms with van der Waals surface area (Å²) in [6.45, 7) is 2.51. The Bertz CT molecular complexity index is 511. The number of ether oxygens (including phenoxy) is 1. The van der Waals surface area contributed by atoms with Crippen molar-refractivity contribution >= 4 is 15.9 Å². The minimum atomic E-state index is -0.0381. The lowest BCUT2D eigenvalue weighted by Crippen LogP contribution is -2.08. The average Bonchev–Trinajstić information content (AvgIpc) is 2.37. The minimum absolute atomic E-state index is 0.0381.